The smallest absolute Gasteiger partial charge is 0.240 e. The van der Waals surface area contributed by atoms with Gasteiger partial charge in [0.2, 0.25) is 5.91 Å². The van der Waals surface area contributed by atoms with Crippen molar-refractivity contribution in [2.24, 2.45) is 0 Å². The van der Waals surface area contributed by atoms with Crippen molar-refractivity contribution in [3.8, 4) is 5.75 Å². The van der Waals surface area contributed by atoms with Gasteiger partial charge in [-0.05, 0) is 77.3 Å². The van der Waals surface area contributed by atoms with Gasteiger partial charge in [0.15, 0.2) is 0 Å². The molecule has 2 atom stereocenters. The lowest BCUT2D eigenvalue weighted by Crippen LogP contribution is -2.41. The van der Waals surface area contributed by atoms with Crippen LogP contribution in [0.15, 0.2) is 64.1 Å². The second-order valence-electron chi connectivity index (χ2n) is 7.04. The number of hydrogen-bond acceptors (Lipinski definition) is 4. The summed E-state index contributed by atoms with van der Waals surface area (Å²) in [6.07, 6.45) is 0. The highest BCUT2D eigenvalue weighted by molar-refractivity contribution is 9.10. The number of hydrogen-bond donors (Lipinski definition) is 2. The minimum Gasteiger partial charge on any atom is -0.497 e. The average Bonchev–Trinajstić information content (AvgIpc) is 3.09. The number of thioether (sulfide) groups is 1. The van der Waals surface area contributed by atoms with Crippen molar-refractivity contribution in [3.63, 3.8) is 0 Å². The number of carbonyl (C=O) groups excluding carboxylic acids is 1. The molecule has 1 aromatic heterocycles. The number of rotatable bonds is 4. The fourth-order valence-corrected chi connectivity index (χ4v) is 5.19. The summed E-state index contributed by atoms with van der Waals surface area (Å²) in [5, 5.41) is 3.78. The SMILES string of the molecule is COc1ccc([C@H]2Nn3c(C)ccc3S[C@H]2C(=O)Nc2ccc(C)cc2Br)cc1. The van der Waals surface area contributed by atoms with Crippen molar-refractivity contribution < 1.29 is 9.53 Å². The Balaban J connectivity index is 1.66. The van der Waals surface area contributed by atoms with Crippen LogP contribution in [0.2, 0.25) is 0 Å². The van der Waals surface area contributed by atoms with E-state index < -0.39 is 0 Å². The lowest BCUT2D eigenvalue weighted by molar-refractivity contribution is -0.116. The van der Waals surface area contributed by atoms with Crippen LogP contribution in [-0.4, -0.2) is 22.9 Å². The van der Waals surface area contributed by atoms with Gasteiger partial charge in [-0.1, -0.05) is 30.0 Å². The van der Waals surface area contributed by atoms with Gasteiger partial charge in [0.05, 0.1) is 23.9 Å². The fourth-order valence-electron chi connectivity index (χ4n) is 3.37. The van der Waals surface area contributed by atoms with Crippen LogP contribution in [0.5, 0.6) is 5.75 Å². The molecule has 5 nitrogen and oxygen atoms in total. The maximum Gasteiger partial charge on any atom is 0.240 e. The number of benzene rings is 2. The van der Waals surface area contributed by atoms with E-state index in [1.54, 1.807) is 18.9 Å². The second kappa shape index (κ2) is 8.16. The zero-order chi connectivity index (χ0) is 20.5. The van der Waals surface area contributed by atoms with Crippen molar-refractivity contribution in [2.45, 2.75) is 30.2 Å². The van der Waals surface area contributed by atoms with Gasteiger partial charge in [-0.2, -0.15) is 0 Å². The zero-order valence-electron chi connectivity index (χ0n) is 16.4. The summed E-state index contributed by atoms with van der Waals surface area (Å²) in [6.45, 7) is 4.07. The highest BCUT2D eigenvalue weighted by atomic mass is 79.9. The molecule has 2 aromatic carbocycles. The van der Waals surface area contributed by atoms with E-state index in [9.17, 15) is 4.79 Å². The number of nitrogens with zero attached hydrogens (tertiary/aromatic N) is 1. The van der Waals surface area contributed by atoms with Gasteiger partial charge in [-0.15, -0.1) is 0 Å². The van der Waals surface area contributed by atoms with E-state index in [0.29, 0.717) is 0 Å². The standard InChI is InChI=1S/C22H22BrN3O2S/c1-13-4-10-18(17(23)12-13)24-22(27)21-20(15-6-8-16(28-3)9-7-15)25-26-14(2)5-11-19(26)29-21/h4-12,20-21,25H,1-3H3,(H,24,27)/t20-,21-/m1/s1. The van der Waals surface area contributed by atoms with Crippen molar-refractivity contribution in [3.05, 3.63) is 75.9 Å². The quantitative estimate of drug-likeness (QED) is 0.543. The zero-order valence-corrected chi connectivity index (χ0v) is 18.8. The van der Waals surface area contributed by atoms with Crippen LogP contribution in [0, 0.1) is 13.8 Å². The van der Waals surface area contributed by atoms with Gasteiger partial charge in [0.1, 0.15) is 11.0 Å². The van der Waals surface area contributed by atoms with E-state index in [0.717, 1.165) is 37.8 Å². The summed E-state index contributed by atoms with van der Waals surface area (Å²) in [7, 11) is 1.65. The van der Waals surface area contributed by atoms with Crippen molar-refractivity contribution in [2.75, 3.05) is 17.9 Å². The first-order valence-electron chi connectivity index (χ1n) is 9.29. The first-order valence-corrected chi connectivity index (χ1v) is 11.0. The Kier molecular flexibility index (Phi) is 5.61. The van der Waals surface area contributed by atoms with Crippen LogP contribution in [-0.2, 0) is 4.79 Å². The molecule has 7 heteroatoms. The Morgan fingerprint density at radius 1 is 1.14 bits per heavy atom. The van der Waals surface area contributed by atoms with Crippen LogP contribution in [0.25, 0.3) is 0 Å². The van der Waals surface area contributed by atoms with Gasteiger partial charge in [-0.3, -0.25) is 9.47 Å². The third kappa shape index (κ3) is 4.02. The summed E-state index contributed by atoms with van der Waals surface area (Å²) in [5.41, 5.74) is 7.56. The summed E-state index contributed by atoms with van der Waals surface area (Å²) in [6, 6.07) is 17.7. The maximum atomic E-state index is 13.3. The van der Waals surface area contributed by atoms with Gasteiger partial charge in [0, 0.05) is 10.2 Å². The predicted molar refractivity (Wildman–Crippen MR) is 121 cm³/mol. The highest BCUT2D eigenvalue weighted by Crippen LogP contribution is 2.39. The van der Waals surface area contributed by atoms with E-state index >= 15 is 0 Å². The molecule has 2 heterocycles. The molecule has 29 heavy (non-hydrogen) atoms. The Morgan fingerprint density at radius 2 is 1.90 bits per heavy atom. The highest BCUT2D eigenvalue weighted by Gasteiger charge is 2.36. The summed E-state index contributed by atoms with van der Waals surface area (Å²) in [5.74, 6) is 0.748. The number of ether oxygens (including phenoxy) is 1. The number of nitrogens with one attached hydrogen (secondary N) is 2. The number of carbonyl (C=O) groups is 1. The lowest BCUT2D eigenvalue weighted by Gasteiger charge is -2.34. The van der Waals surface area contributed by atoms with Crippen LogP contribution < -0.4 is 15.5 Å². The largest absolute Gasteiger partial charge is 0.497 e. The third-order valence-corrected chi connectivity index (χ3v) is 6.93. The van der Waals surface area contributed by atoms with E-state index in [1.165, 1.54) is 0 Å². The molecule has 0 saturated heterocycles. The molecule has 1 aliphatic rings. The monoisotopic (exact) mass is 471 g/mol. The third-order valence-electron chi connectivity index (χ3n) is 4.97. The topological polar surface area (TPSA) is 55.3 Å². The van der Waals surface area contributed by atoms with Crippen LogP contribution in [0.3, 0.4) is 0 Å². The van der Waals surface area contributed by atoms with Gasteiger partial charge >= 0.3 is 0 Å². The minimum atomic E-state index is -0.335. The van der Waals surface area contributed by atoms with E-state index in [-0.39, 0.29) is 17.2 Å². The molecule has 0 aliphatic carbocycles. The van der Waals surface area contributed by atoms with Gasteiger partial charge in [0.25, 0.3) is 0 Å². The molecule has 3 aromatic rings. The lowest BCUT2D eigenvalue weighted by atomic mass is 10.0. The van der Waals surface area contributed by atoms with Gasteiger partial charge in [-0.25, -0.2) is 0 Å². The predicted octanol–water partition coefficient (Wildman–Crippen LogP) is 5.27. The maximum absolute atomic E-state index is 13.3. The first kappa shape index (κ1) is 19.9. The number of aromatic nitrogens is 1. The van der Waals surface area contributed by atoms with E-state index in [2.05, 4.69) is 32.7 Å². The minimum absolute atomic E-state index is 0.0435. The van der Waals surface area contributed by atoms with Crippen LogP contribution in [0.4, 0.5) is 5.69 Å². The molecular formula is C22H22BrN3O2S. The Labute approximate surface area is 182 Å². The molecule has 0 radical (unpaired) electrons. The number of fused-ring (bicyclic) bond motifs is 1. The number of methoxy groups -OCH3 is 1. The Hall–Kier alpha value is -2.38. The Bertz CT molecular complexity index is 1050. The summed E-state index contributed by atoms with van der Waals surface area (Å²) >= 11 is 5.12. The molecule has 4 rings (SSSR count). The fraction of sp³-hybridized carbons (Fsp3) is 0.227. The molecule has 1 amide bonds. The molecule has 0 unspecified atom stereocenters. The van der Waals surface area contributed by atoms with Crippen molar-refractivity contribution >= 4 is 39.3 Å². The van der Waals surface area contributed by atoms with Gasteiger partial charge < -0.3 is 15.5 Å². The van der Waals surface area contributed by atoms with E-state index in [4.69, 9.17) is 4.74 Å². The molecule has 0 saturated carbocycles. The number of halogens is 1. The summed E-state index contributed by atoms with van der Waals surface area (Å²) in [4.78, 5) is 13.3. The first-order chi connectivity index (χ1) is 14.0. The molecular weight excluding hydrogens is 450 g/mol. The molecule has 0 spiro atoms. The molecule has 2 N–H and O–H groups in total. The van der Waals surface area contributed by atoms with E-state index in [1.807, 2.05) is 67.1 Å². The molecule has 1 aliphatic heterocycles. The van der Waals surface area contributed by atoms with Crippen LogP contribution in [0.1, 0.15) is 22.9 Å². The molecule has 0 bridgehead atoms. The van der Waals surface area contributed by atoms with Crippen molar-refractivity contribution in [1.82, 2.24) is 4.68 Å². The number of amides is 1. The number of anilines is 1. The molecule has 150 valence electrons. The normalized spacial score (nSPS) is 17.9. The molecule has 0 fully saturated rings. The number of aryl methyl sites for hydroxylation is 2. The van der Waals surface area contributed by atoms with Crippen molar-refractivity contribution in [1.29, 1.82) is 0 Å². The average molecular weight is 472 g/mol. The Morgan fingerprint density at radius 3 is 2.59 bits per heavy atom. The van der Waals surface area contributed by atoms with Crippen LogP contribution >= 0.6 is 27.7 Å². The second-order valence-corrected chi connectivity index (χ2v) is 9.06. The summed E-state index contributed by atoms with van der Waals surface area (Å²) < 4.78 is 8.20.